The molecule has 1 aliphatic rings. The maximum Gasteiger partial charge on any atom is 0.257 e. The third-order valence-corrected chi connectivity index (χ3v) is 4.31. The highest BCUT2D eigenvalue weighted by Crippen LogP contribution is 2.37. The standard InChI is InChI=1S/C16H23NO2/c1-16(2)10-8-12(9-11-16)17(3)15(19)13-6-4-5-7-14(13)18/h4-7,12,18H,8-11H2,1-3H3. The third kappa shape index (κ3) is 3.09. The van der Waals surface area contributed by atoms with E-state index in [1.54, 1.807) is 29.2 Å². The molecule has 0 atom stereocenters. The van der Waals surface area contributed by atoms with Crippen LogP contribution < -0.4 is 0 Å². The molecule has 0 aromatic heterocycles. The Kier molecular flexibility index (Phi) is 3.83. The normalized spacial score (nSPS) is 19.1. The number of nitrogens with zero attached hydrogens (tertiary/aromatic N) is 1. The van der Waals surface area contributed by atoms with Gasteiger partial charge in [0.2, 0.25) is 0 Å². The van der Waals surface area contributed by atoms with Gasteiger partial charge in [-0.2, -0.15) is 0 Å². The molecule has 0 unspecified atom stereocenters. The highest BCUT2D eigenvalue weighted by molar-refractivity contribution is 5.96. The van der Waals surface area contributed by atoms with E-state index in [1.165, 1.54) is 0 Å². The summed E-state index contributed by atoms with van der Waals surface area (Å²) >= 11 is 0. The molecule has 0 heterocycles. The number of phenolic OH excluding ortho intramolecular Hbond substituents is 1. The number of phenols is 1. The molecule has 19 heavy (non-hydrogen) atoms. The van der Waals surface area contributed by atoms with Gasteiger partial charge in [0.1, 0.15) is 5.75 Å². The first-order valence-corrected chi connectivity index (χ1v) is 6.96. The molecule has 1 aliphatic carbocycles. The lowest BCUT2D eigenvalue weighted by Crippen LogP contribution is -2.40. The van der Waals surface area contributed by atoms with Crippen LogP contribution in [0.1, 0.15) is 49.9 Å². The summed E-state index contributed by atoms with van der Waals surface area (Å²) in [4.78, 5) is 14.2. The predicted octanol–water partition coefficient (Wildman–Crippen LogP) is 3.43. The average molecular weight is 261 g/mol. The Bertz CT molecular complexity index is 458. The summed E-state index contributed by atoms with van der Waals surface area (Å²) < 4.78 is 0. The monoisotopic (exact) mass is 261 g/mol. The summed E-state index contributed by atoms with van der Waals surface area (Å²) in [7, 11) is 1.84. The summed E-state index contributed by atoms with van der Waals surface area (Å²) in [6, 6.07) is 7.05. The van der Waals surface area contributed by atoms with E-state index < -0.39 is 0 Å². The SMILES string of the molecule is CN(C(=O)c1ccccc1O)C1CCC(C)(C)CC1. The van der Waals surface area contributed by atoms with Crippen LogP contribution in [0, 0.1) is 5.41 Å². The van der Waals surface area contributed by atoms with Crippen molar-refractivity contribution in [3.8, 4) is 5.75 Å². The fourth-order valence-corrected chi connectivity index (χ4v) is 2.78. The molecule has 1 saturated carbocycles. The molecular weight excluding hydrogens is 238 g/mol. The molecule has 1 aromatic rings. The first-order chi connectivity index (χ1) is 8.91. The summed E-state index contributed by atoms with van der Waals surface area (Å²) in [6.07, 6.45) is 4.39. The van der Waals surface area contributed by atoms with Gasteiger partial charge in [0, 0.05) is 13.1 Å². The first kappa shape index (κ1) is 13.9. The number of amides is 1. The van der Waals surface area contributed by atoms with Crippen molar-refractivity contribution >= 4 is 5.91 Å². The van der Waals surface area contributed by atoms with Crippen LogP contribution in [0.5, 0.6) is 5.75 Å². The van der Waals surface area contributed by atoms with Crippen LogP contribution >= 0.6 is 0 Å². The minimum Gasteiger partial charge on any atom is -0.507 e. The maximum atomic E-state index is 12.4. The molecule has 0 radical (unpaired) electrons. The molecule has 2 rings (SSSR count). The van der Waals surface area contributed by atoms with Crippen molar-refractivity contribution in [3.05, 3.63) is 29.8 Å². The molecule has 0 saturated heterocycles. The predicted molar refractivity (Wildman–Crippen MR) is 76.2 cm³/mol. The number of hydrogen-bond donors (Lipinski definition) is 1. The highest BCUT2D eigenvalue weighted by Gasteiger charge is 2.31. The summed E-state index contributed by atoms with van der Waals surface area (Å²) in [5, 5.41) is 9.76. The van der Waals surface area contributed by atoms with Crippen LogP contribution in [0.4, 0.5) is 0 Å². The quantitative estimate of drug-likeness (QED) is 0.886. The summed E-state index contributed by atoms with van der Waals surface area (Å²) in [5.41, 5.74) is 0.796. The van der Waals surface area contributed by atoms with Gasteiger partial charge in [-0.3, -0.25) is 4.79 Å². The number of hydrogen-bond acceptors (Lipinski definition) is 2. The number of rotatable bonds is 2. The summed E-state index contributed by atoms with van der Waals surface area (Å²) in [6.45, 7) is 4.57. The fraction of sp³-hybridized carbons (Fsp3) is 0.562. The highest BCUT2D eigenvalue weighted by atomic mass is 16.3. The smallest absolute Gasteiger partial charge is 0.257 e. The van der Waals surface area contributed by atoms with E-state index in [4.69, 9.17) is 0 Å². The van der Waals surface area contributed by atoms with Gasteiger partial charge in [-0.15, -0.1) is 0 Å². The van der Waals surface area contributed by atoms with Crippen LogP contribution in [0.15, 0.2) is 24.3 Å². The molecule has 3 heteroatoms. The first-order valence-electron chi connectivity index (χ1n) is 6.96. The molecule has 104 valence electrons. The van der Waals surface area contributed by atoms with Crippen molar-refractivity contribution in [1.82, 2.24) is 4.90 Å². The minimum absolute atomic E-state index is 0.0653. The fourth-order valence-electron chi connectivity index (χ4n) is 2.78. The maximum absolute atomic E-state index is 12.4. The molecule has 1 fully saturated rings. The van der Waals surface area contributed by atoms with Gasteiger partial charge in [-0.05, 0) is 43.2 Å². The summed E-state index contributed by atoms with van der Waals surface area (Å²) in [5.74, 6) is -0.0155. The molecule has 0 bridgehead atoms. The van der Waals surface area contributed by atoms with Gasteiger partial charge in [0.25, 0.3) is 5.91 Å². The largest absolute Gasteiger partial charge is 0.507 e. The Morgan fingerprint density at radius 1 is 1.26 bits per heavy atom. The Morgan fingerprint density at radius 3 is 2.42 bits per heavy atom. The van der Waals surface area contributed by atoms with Gasteiger partial charge in [-0.25, -0.2) is 0 Å². The average Bonchev–Trinajstić information content (AvgIpc) is 2.38. The van der Waals surface area contributed by atoms with Gasteiger partial charge < -0.3 is 10.0 Å². The van der Waals surface area contributed by atoms with Crippen molar-refractivity contribution in [1.29, 1.82) is 0 Å². The number of carbonyl (C=O) groups excluding carboxylic acids is 1. The Morgan fingerprint density at radius 2 is 1.84 bits per heavy atom. The van der Waals surface area contributed by atoms with E-state index in [-0.39, 0.29) is 11.7 Å². The molecule has 1 amide bonds. The van der Waals surface area contributed by atoms with Gasteiger partial charge in [0.05, 0.1) is 5.56 Å². The van der Waals surface area contributed by atoms with Crippen LogP contribution in [-0.2, 0) is 0 Å². The van der Waals surface area contributed by atoms with Crippen molar-refractivity contribution in [3.63, 3.8) is 0 Å². The molecule has 3 nitrogen and oxygen atoms in total. The van der Waals surface area contributed by atoms with Crippen molar-refractivity contribution in [2.45, 2.75) is 45.6 Å². The van der Waals surface area contributed by atoms with E-state index in [1.807, 2.05) is 7.05 Å². The van der Waals surface area contributed by atoms with Gasteiger partial charge >= 0.3 is 0 Å². The van der Waals surface area contributed by atoms with Crippen LogP contribution in [-0.4, -0.2) is 29.0 Å². The second kappa shape index (κ2) is 5.24. The molecule has 0 spiro atoms. The Balaban J connectivity index is 2.06. The van der Waals surface area contributed by atoms with E-state index in [9.17, 15) is 9.90 Å². The van der Waals surface area contributed by atoms with E-state index in [2.05, 4.69) is 13.8 Å². The van der Waals surface area contributed by atoms with E-state index >= 15 is 0 Å². The van der Waals surface area contributed by atoms with Gasteiger partial charge in [-0.1, -0.05) is 26.0 Å². The van der Waals surface area contributed by atoms with E-state index in [0.29, 0.717) is 17.0 Å². The second-order valence-electron chi connectivity index (χ2n) is 6.33. The number of benzene rings is 1. The van der Waals surface area contributed by atoms with Crippen molar-refractivity contribution in [2.75, 3.05) is 7.05 Å². The third-order valence-electron chi connectivity index (χ3n) is 4.31. The molecular formula is C16H23NO2. The van der Waals surface area contributed by atoms with Crippen LogP contribution in [0.3, 0.4) is 0 Å². The van der Waals surface area contributed by atoms with Crippen molar-refractivity contribution in [2.24, 2.45) is 5.41 Å². The lowest BCUT2D eigenvalue weighted by atomic mass is 9.75. The van der Waals surface area contributed by atoms with Crippen LogP contribution in [0.25, 0.3) is 0 Å². The van der Waals surface area contributed by atoms with Gasteiger partial charge in [0.15, 0.2) is 0 Å². The zero-order chi connectivity index (χ0) is 14.0. The molecule has 1 aromatic carbocycles. The Hall–Kier alpha value is -1.51. The zero-order valence-electron chi connectivity index (χ0n) is 12.0. The molecule has 0 aliphatic heterocycles. The second-order valence-corrected chi connectivity index (χ2v) is 6.33. The van der Waals surface area contributed by atoms with Crippen LogP contribution in [0.2, 0.25) is 0 Å². The lowest BCUT2D eigenvalue weighted by molar-refractivity contribution is 0.0632. The Labute approximate surface area is 115 Å². The topological polar surface area (TPSA) is 40.5 Å². The number of carbonyl (C=O) groups is 1. The lowest BCUT2D eigenvalue weighted by Gasteiger charge is -2.38. The minimum atomic E-state index is -0.0807. The van der Waals surface area contributed by atoms with Crippen molar-refractivity contribution < 1.29 is 9.90 Å². The number of para-hydroxylation sites is 1. The number of aromatic hydroxyl groups is 1. The van der Waals surface area contributed by atoms with E-state index in [0.717, 1.165) is 25.7 Å². The molecule has 1 N–H and O–H groups in total. The zero-order valence-corrected chi connectivity index (χ0v) is 12.0.